The molecule has 1 fully saturated rings. The van der Waals surface area contributed by atoms with Gasteiger partial charge in [0.1, 0.15) is 11.6 Å². The maximum Gasteiger partial charge on any atom is 0.246 e. The van der Waals surface area contributed by atoms with Crippen molar-refractivity contribution in [1.29, 1.82) is 0 Å². The lowest BCUT2D eigenvalue weighted by atomic mass is 10.0. The number of aryl methyl sites for hydroxylation is 4. The van der Waals surface area contributed by atoms with E-state index in [1.807, 2.05) is 61.8 Å². The first kappa shape index (κ1) is 21.2. The second-order valence-corrected chi connectivity index (χ2v) is 8.81. The maximum atomic E-state index is 12.8. The molecule has 1 atom stereocenters. The van der Waals surface area contributed by atoms with Crippen molar-refractivity contribution in [2.24, 2.45) is 7.05 Å². The first-order chi connectivity index (χ1) is 14.8. The van der Waals surface area contributed by atoms with E-state index >= 15 is 0 Å². The zero-order chi connectivity index (χ0) is 22.1. The van der Waals surface area contributed by atoms with Gasteiger partial charge >= 0.3 is 0 Å². The highest BCUT2D eigenvalue weighted by atomic mass is 32.1. The van der Waals surface area contributed by atoms with E-state index in [-0.39, 0.29) is 11.8 Å². The van der Waals surface area contributed by atoms with Crippen LogP contribution in [-0.2, 0) is 11.8 Å². The molecule has 4 heterocycles. The predicted octanol–water partition coefficient (Wildman–Crippen LogP) is 3.67. The van der Waals surface area contributed by atoms with Crippen LogP contribution in [0.15, 0.2) is 17.5 Å². The number of thiazole rings is 1. The number of hydrogen-bond donors (Lipinski definition) is 1. The molecule has 8 nitrogen and oxygen atoms in total. The monoisotopic (exact) mass is 437 g/mol. The second-order valence-electron chi connectivity index (χ2n) is 7.96. The van der Waals surface area contributed by atoms with E-state index in [1.165, 1.54) is 0 Å². The van der Waals surface area contributed by atoms with Crippen LogP contribution < -0.4 is 5.32 Å². The predicted molar refractivity (Wildman–Crippen MR) is 123 cm³/mol. The van der Waals surface area contributed by atoms with Gasteiger partial charge in [0.05, 0.1) is 17.1 Å². The van der Waals surface area contributed by atoms with Gasteiger partial charge in [-0.1, -0.05) is 0 Å². The summed E-state index contributed by atoms with van der Waals surface area (Å²) in [5.74, 6) is 1.66. The molecule has 0 aromatic carbocycles. The Balaban J connectivity index is 1.44. The van der Waals surface area contributed by atoms with Crippen molar-refractivity contribution in [3.8, 4) is 0 Å². The number of nitrogens with zero attached hydrogens (tertiary/aromatic N) is 6. The van der Waals surface area contributed by atoms with Crippen LogP contribution >= 0.6 is 11.3 Å². The molecule has 0 unspecified atom stereocenters. The summed E-state index contributed by atoms with van der Waals surface area (Å²) in [5, 5.41) is 10.5. The molecule has 9 heteroatoms. The molecular weight excluding hydrogens is 410 g/mol. The number of anilines is 2. The zero-order valence-corrected chi connectivity index (χ0v) is 19.3. The van der Waals surface area contributed by atoms with Crippen molar-refractivity contribution in [1.82, 2.24) is 29.6 Å². The van der Waals surface area contributed by atoms with Crippen LogP contribution in [0.2, 0.25) is 0 Å². The van der Waals surface area contributed by atoms with Crippen LogP contribution in [0.4, 0.5) is 10.9 Å². The van der Waals surface area contributed by atoms with Crippen LogP contribution in [0.5, 0.6) is 0 Å². The summed E-state index contributed by atoms with van der Waals surface area (Å²) in [6.45, 7) is 9.19. The van der Waals surface area contributed by atoms with Gasteiger partial charge in [0.25, 0.3) is 0 Å². The standard InChI is InChI=1S/C22H27N7OS/c1-13-12-31-22(23-13)26-20-10-19(24-16(4)25-20)17-8-9-29(11-17)21(30)7-6-18-14(2)27-28(5)15(18)3/h6-7,10,12,17H,8-9,11H2,1-5H3,(H,23,24,25,26)/b7-6+/t17-/m1/s1. The van der Waals surface area contributed by atoms with Crippen molar-refractivity contribution in [2.75, 3.05) is 18.4 Å². The average molecular weight is 438 g/mol. The molecule has 0 bridgehead atoms. The van der Waals surface area contributed by atoms with Gasteiger partial charge in [-0.3, -0.25) is 9.48 Å². The summed E-state index contributed by atoms with van der Waals surface area (Å²) in [6.07, 6.45) is 4.42. The lowest BCUT2D eigenvalue weighted by Gasteiger charge is -2.15. The summed E-state index contributed by atoms with van der Waals surface area (Å²) in [5.41, 5.74) is 4.92. The fourth-order valence-electron chi connectivity index (χ4n) is 3.88. The summed E-state index contributed by atoms with van der Waals surface area (Å²) < 4.78 is 1.83. The van der Waals surface area contributed by atoms with Gasteiger partial charge in [-0.25, -0.2) is 15.0 Å². The summed E-state index contributed by atoms with van der Waals surface area (Å²) in [6, 6.07) is 1.97. The molecule has 162 valence electrons. The Kier molecular flexibility index (Phi) is 5.86. The summed E-state index contributed by atoms with van der Waals surface area (Å²) >= 11 is 1.55. The normalized spacial score (nSPS) is 16.4. The maximum absolute atomic E-state index is 12.8. The Morgan fingerprint density at radius 1 is 1.23 bits per heavy atom. The molecular formula is C22H27N7OS. The highest BCUT2D eigenvalue weighted by Gasteiger charge is 2.28. The third kappa shape index (κ3) is 4.66. The van der Waals surface area contributed by atoms with E-state index < -0.39 is 0 Å². The smallest absolute Gasteiger partial charge is 0.246 e. The second kappa shape index (κ2) is 8.58. The van der Waals surface area contributed by atoms with Gasteiger partial charge in [0.15, 0.2) is 5.13 Å². The summed E-state index contributed by atoms with van der Waals surface area (Å²) in [4.78, 5) is 28.2. The number of carbonyl (C=O) groups is 1. The van der Waals surface area contributed by atoms with Gasteiger partial charge in [-0.15, -0.1) is 11.3 Å². The summed E-state index contributed by atoms with van der Waals surface area (Å²) in [7, 11) is 1.91. The van der Waals surface area contributed by atoms with Crippen molar-refractivity contribution in [3.63, 3.8) is 0 Å². The third-order valence-electron chi connectivity index (χ3n) is 5.59. The van der Waals surface area contributed by atoms with Crippen LogP contribution in [0.1, 0.15) is 46.5 Å². The fourth-order valence-corrected chi connectivity index (χ4v) is 4.57. The van der Waals surface area contributed by atoms with Crippen LogP contribution in [0.3, 0.4) is 0 Å². The van der Waals surface area contributed by atoms with E-state index in [0.29, 0.717) is 12.4 Å². The van der Waals surface area contributed by atoms with Gasteiger partial charge in [-0.05, 0) is 40.2 Å². The number of carbonyl (C=O) groups excluding carboxylic acids is 1. The Labute approximate surface area is 186 Å². The van der Waals surface area contributed by atoms with Gasteiger partial charge in [0.2, 0.25) is 5.91 Å². The molecule has 4 rings (SSSR count). The third-order valence-corrected chi connectivity index (χ3v) is 6.46. The molecule has 3 aromatic heterocycles. The topological polar surface area (TPSA) is 88.8 Å². The Morgan fingerprint density at radius 2 is 2.03 bits per heavy atom. The van der Waals surface area contributed by atoms with Crippen molar-refractivity contribution >= 4 is 34.3 Å². The van der Waals surface area contributed by atoms with Crippen molar-refractivity contribution in [3.05, 3.63) is 51.7 Å². The molecule has 0 saturated carbocycles. The molecule has 1 amide bonds. The molecule has 31 heavy (non-hydrogen) atoms. The van der Waals surface area contributed by atoms with Crippen LogP contribution in [0, 0.1) is 27.7 Å². The molecule has 1 saturated heterocycles. The van der Waals surface area contributed by atoms with E-state index in [1.54, 1.807) is 17.4 Å². The Hall–Kier alpha value is -3.07. The average Bonchev–Trinajstić information content (AvgIpc) is 3.41. The number of amides is 1. The number of aromatic nitrogens is 5. The zero-order valence-electron chi connectivity index (χ0n) is 18.5. The fraction of sp³-hybridized carbons (Fsp3) is 0.409. The molecule has 1 N–H and O–H groups in total. The molecule has 1 aliphatic heterocycles. The Morgan fingerprint density at radius 3 is 2.71 bits per heavy atom. The van der Waals surface area contributed by atoms with Gasteiger partial charge in [0, 0.05) is 54.8 Å². The lowest BCUT2D eigenvalue weighted by Crippen LogP contribution is -2.26. The molecule has 0 radical (unpaired) electrons. The van der Waals surface area contributed by atoms with Gasteiger partial charge in [-0.2, -0.15) is 5.10 Å². The number of nitrogens with one attached hydrogen (secondary N) is 1. The van der Waals surface area contributed by atoms with Crippen LogP contribution in [-0.4, -0.2) is 48.6 Å². The highest BCUT2D eigenvalue weighted by molar-refractivity contribution is 7.13. The number of rotatable bonds is 5. The minimum Gasteiger partial charge on any atom is -0.338 e. The quantitative estimate of drug-likeness (QED) is 0.613. The van der Waals surface area contributed by atoms with E-state index in [0.717, 1.165) is 52.3 Å². The SMILES string of the molecule is Cc1csc(Nc2cc([C@@H]3CCN(C(=O)/C=C/c4c(C)nn(C)c4C)C3)nc(C)n2)n1. The van der Waals surface area contributed by atoms with E-state index in [2.05, 4.69) is 25.4 Å². The van der Waals surface area contributed by atoms with E-state index in [9.17, 15) is 4.79 Å². The van der Waals surface area contributed by atoms with Crippen molar-refractivity contribution < 1.29 is 4.79 Å². The molecule has 0 spiro atoms. The minimum absolute atomic E-state index is 0.0209. The first-order valence-electron chi connectivity index (χ1n) is 10.3. The van der Waals surface area contributed by atoms with Gasteiger partial charge < -0.3 is 10.2 Å². The number of hydrogen-bond acceptors (Lipinski definition) is 7. The molecule has 3 aromatic rings. The number of likely N-dealkylation sites (tertiary alicyclic amines) is 1. The van der Waals surface area contributed by atoms with E-state index in [4.69, 9.17) is 0 Å². The van der Waals surface area contributed by atoms with Crippen molar-refractivity contribution in [2.45, 2.75) is 40.0 Å². The first-order valence-corrected chi connectivity index (χ1v) is 11.2. The van der Waals surface area contributed by atoms with Crippen LogP contribution in [0.25, 0.3) is 6.08 Å². The molecule has 1 aliphatic rings. The molecule has 0 aliphatic carbocycles. The largest absolute Gasteiger partial charge is 0.338 e. The lowest BCUT2D eigenvalue weighted by molar-refractivity contribution is -0.124. The Bertz CT molecular complexity index is 1150. The minimum atomic E-state index is 0.0209. The highest BCUT2D eigenvalue weighted by Crippen LogP contribution is 2.29.